The number of pyridine rings is 1. The second-order valence-corrected chi connectivity index (χ2v) is 3.53. The monoisotopic (exact) mass is 297 g/mol. The van der Waals surface area contributed by atoms with E-state index in [1.54, 1.807) is 0 Å². The number of nitrogens with one attached hydrogen (secondary N) is 1. The molecule has 1 heterocycles. The molecule has 0 aliphatic heterocycles. The van der Waals surface area contributed by atoms with Gasteiger partial charge in [-0.2, -0.15) is 26.3 Å². The first-order valence-electron chi connectivity index (χ1n) is 5.14. The molecule has 1 aromatic heterocycles. The summed E-state index contributed by atoms with van der Waals surface area (Å²) in [6.07, 6.45) is -7.68. The van der Waals surface area contributed by atoms with Gasteiger partial charge in [0.2, 0.25) is 0 Å². The van der Waals surface area contributed by atoms with Crippen molar-refractivity contribution in [1.82, 2.24) is 4.98 Å². The Morgan fingerprint density at radius 2 is 1.85 bits per heavy atom. The van der Waals surface area contributed by atoms with Gasteiger partial charge in [0.05, 0.1) is 11.9 Å². The lowest BCUT2D eigenvalue weighted by atomic mass is 10.2. The Morgan fingerprint density at radius 3 is 2.25 bits per heavy atom. The second kappa shape index (κ2) is 5.93. The van der Waals surface area contributed by atoms with Crippen LogP contribution in [0.4, 0.5) is 32.0 Å². The van der Waals surface area contributed by atoms with Crippen molar-refractivity contribution in [1.29, 1.82) is 0 Å². The van der Waals surface area contributed by atoms with Crippen LogP contribution in [0.1, 0.15) is 0 Å². The fraction of sp³-hybridized carbons (Fsp3) is 0.273. The third kappa shape index (κ3) is 4.56. The molecule has 0 atom stereocenters. The summed E-state index contributed by atoms with van der Waals surface area (Å²) in [7, 11) is 0.761. The molecule has 1 aromatic rings. The molecule has 0 fully saturated rings. The maximum atomic E-state index is 12.7. The van der Waals surface area contributed by atoms with Gasteiger partial charge in [0.15, 0.2) is 0 Å². The van der Waals surface area contributed by atoms with Crippen LogP contribution in [0, 0.1) is 0 Å². The molecule has 0 aliphatic carbocycles. The molecule has 0 aliphatic rings. The molecule has 1 N–H and O–H groups in total. The minimum absolute atomic E-state index is 0.0892. The molecule has 0 spiro atoms. The summed E-state index contributed by atoms with van der Waals surface area (Å²) in [6.45, 7) is 0. The average molecular weight is 297 g/mol. The smallest absolute Gasteiger partial charge is 0.350 e. The van der Waals surface area contributed by atoms with Crippen LogP contribution >= 0.6 is 0 Å². The topological polar surface area (TPSA) is 37.3 Å². The molecule has 110 valence electrons. The lowest BCUT2D eigenvalue weighted by Gasteiger charge is -2.15. The van der Waals surface area contributed by atoms with Crippen LogP contribution < -0.4 is 5.32 Å². The van der Waals surface area contributed by atoms with Crippen LogP contribution in [0.5, 0.6) is 0 Å². The van der Waals surface area contributed by atoms with E-state index < -0.39 is 23.8 Å². The van der Waals surface area contributed by atoms with E-state index in [9.17, 15) is 26.3 Å². The highest BCUT2D eigenvalue weighted by Gasteiger charge is 2.39. The highest BCUT2D eigenvalue weighted by Crippen LogP contribution is 2.29. The Bertz CT molecular complexity index is 501. The van der Waals surface area contributed by atoms with Gasteiger partial charge in [-0.15, -0.1) is 0 Å². The number of hydrogen-bond donors (Lipinski definition) is 1. The molecule has 0 amide bonds. The van der Waals surface area contributed by atoms with Crippen molar-refractivity contribution >= 4 is 11.4 Å². The third-order valence-electron chi connectivity index (χ3n) is 2.06. The van der Waals surface area contributed by atoms with Gasteiger partial charge in [-0.05, 0) is 18.2 Å². The van der Waals surface area contributed by atoms with E-state index in [1.165, 1.54) is 18.3 Å². The highest BCUT2D eigenvalue weighted by atomic mass is 19.4. The molecule has 9 heteroatoms. The maximum Gasteiger partial charge on any atom is 0.432 e. The molecule has 0 radical (unpaired) electrons. The standard InChI is InChI=1S/C11H9F6N3/c1-18-8(10(12,13)14)5-9(11(15,16)17)20-7-3-2-4-19-6-7/h2-6,20H,1H3/b9-5-,18-8?. The zero-order valence-corrected chi connectivity index (χ0v) is 10.0. The normalized spacial score (nSPS) is 14.3. The Balaban J connectivity index is 3.14. The second-order valence-electron chi connectivity index (χ2n) is 3.53. The summed E-state index contributed by atoms with van der Waals surface area (Å²) >= 11 is 0. The lowest BCUT2D eigenvalue weighted by molar-refractivity contribution is -0.0904. The van der Waals surface area contributed by atoms with Crippen molar-refractivity contribution < 1.29 is 26.3 Å². The first-order valence-corrected chi connectivity index (χ1v) is 5.14. The van der Waals surface area contributed by atoms with Crippen molar-refractivity contribution in [2.24, 2.45) is 4.99 Å². The molecule has 1 rings (SSSR count). The summed E-state index contributed by atoms with van der Waals surface area (Å²) in [5.41, 5.74) is -3.31. The summed E-state index contributed by atoms with van der Waals surface area (Å²) < 4.78 is 75.4. The van der Waals surface area contributed by atoms with Crippen molar-refractivity contribution in [3.8, 4) is 0 Å². The zero-order valence-electron chi connectivity index (χ0n) is 10.0. The van der Waals surface area contributed by atoms with Gasteiger partial charge in [-0.3, -0.25) is 9.98 Å². The first kappa shape index (κ1) is 16.0. The molecular formula is C11H9F6N3. The maximum absolute atomic E-state index is 12.7. The van der Waals surface area contributed by atoms with Gasteiger partial charge in [0.25, 0.3) is 0 Å². The molecule has 0 saturated heterocycles. The van der Waals surface area contributed by atoms with E-state index in [1.807, 2.05) is 5.32 Å². The summed E-state index contributed by atoms with van der Waals surface area (Å²) in [5, 5.41) is 1.85. The van der Waals surface area contributed by atoms with E-state index in [0.29, 0.717) is 0 Å². The Labute approximate surface area is 110 Å². The number of hydrogen-bond acceptors (Lipinski definition) is 3. The van der Waals surface area contributed by atoms with Crippen LogP contribution in [0.3, 0.4) is 0 Å². The molecule has 0 unspecified atom stereocenters. The number of aromatic nitrogens is 1. The van der Waals surface area contributed by atoms with Crippen molar-refractivity contribution in [3.63, 3.8) is 0 Å². The third-order valence-corrected chi connectivity index (χ3v) is 2.06. The summed E-state index contributed by atoms with van der Waals surface area (Å²) in [4.78, 5) is 6.37. The largest absolute Gasteiger partial charge is 0.432 e. The minimum Gasteiger partial charge on any atom is -0.350 e. The molecular weight excluding hydrogens is 288 g/mol. The van der Waals surface area contributed by atoms with Gasteiger partial charge >= 0.3 is 12.4 Å². The van der Waals surface area contributed by atoms with Crippen LogP contribution in [-0.4, -0.2) is 30.1 Å². The van der Waals surface area contributed by atoms with Crippen LogP contribution in [0.2, 0.25) is 0 Å². The number of allylic oxidation sites excluding steroid dienone is 2. The number of aliphatic imine (C=N–C) groups is 1. The molecule has 0 saturated carbocycles. The Hall–Kier alpha value is -2.06. The lowest BCUT2D eigenvalue weighted by Crippen LogP contribution is -2.26. The van der Waals surface area contributed by atoms with Gasteiger partial charge in [0, 0.05) is 13.2 Å². The molecule has 20 heavy (non-hydrogen) atoms. The fourth-order valence-electron chi connectivity index (χ4n) is 1.19. The molecule has 0 aromatic carbocycles. The zero-order chi connectivity index (χ0) is 15.4. The van der Waals surface area contributed by atoms with E-state index in [4.69, 9.17) is 0 Å². The van der Waals surface area contributed by atoms with Crippen LogP contribution in [-0.2, 0) is 0 Å². The predicted octanol–water partition coefficient (Wildman–Crippen LogP) is 3.57. The summed E-state index contributed by atoms with van der Waals surface area (Å²) in [5.74, 6) is 0. The van der Waals surface area contributed by atoms with Gasteiger partial charge in [0.1, 0.15) is 11.4 Å². The van der Waals surface area contributed by atoms with E-state index in [-0.39, 0.29) is 11.8 Å². The highest BCUT2D eigenvalue weighted by molar-refractivity contribution is 6.00. The van der Waals surface area contributed by atoms with Crippen molar-refractivity contribution in [3.05, 3.63) is 36.3 Å². The minimum atomic E-state index is -4.99. The molecule has 3 nitrogen and oxygen atoms in total. The van der Waals surface area contributed by atoms with E-state index >= 15 is 0 Å². The van der Waals surface area contributed by atoms with Crippen LogP contribution in [0.25, 0.3) is 0 Å². The molecule has 0 bridgehead atoms. The number of anilines is 1. The average Bonchev–Trinajstić information content (AvgIpc) is 2.32. The van der Waals surface area contributed by atoms with E-state index in [2.05, 4.69) is 9.98 Å². The van der Waals surface area contributed by atoms with Crippen LogP contribution in [0.15, 0.2) is 41.3 Å². The Morgan fingerprint density at radius 1 is 1.20 bits per heavy atom. The number of halogens is 6. The number of alkyl halides is 6. The van der Waals surface area contributed by atoms with Gasteiger partial charge in [-0.25, -0.2) is 0 Å². The predicted molar refractivity (Wildman–Crippen MR) is 61.4 cm³/mol. The summed E-state index contributed by atoms with van der Waals surface area (Å²) in [6, 6.07) is 2.58. The fourth-order valence-corrected chi connectivity index (χ4v) is 1.19. The van der Waals surface area contributed by atoms with Gasteiger partial charge in [-0.1, -0.05) is 0 Å². The SMILES string of the molecule is CN=C(/C=C(\Nc1cccnc1)C(F)(F)F)C(F)(F)F. The number of rotatable bonds is 3. The van der Waals surface area contributed by atoms with Crippen molar-refractivity contribution in [2.45, 2.75) is 12.4 Å². The van der Waals surface area contributed by atoms with Crippen molar-refractivity contribution in [2.75, 3.05) is 12.4 Å². The Kier molecular flexibility index (Phi) is 4.74. The quantitative estimate of drug-likeness (QED) is 0.684. The van der Waals surface area contributed by atoms with Gasteiger partial charge < -0.3 is 5.32 Å². The first-order chi connectivity index (χ1) is 9.14. The number of nitrogens with zero attached hydrogens (tertiary/aromatic N) is 2. The van der Waals surface area contributed by atoms with E-state index in [0.717, 1.165) is 13.2 Å².